The number of pyridine rings is 2. The number of aromatic nitrogens is 2. The lowest BCUT2D eigenvalue weighted by molar-refractivity contribution is 0.0929. The van der Waals surface area contributed by atoms with Gasteiger partial charge in [-0.15, -0.1) is 0 Å². The van der Waals surface area contributed by atoms with E-state index < -0.39 is 0 Å². The number of hydrogen-bond acceptors (Lipinski definition) is 3. The Bertz CT molecular complexity index is 831. The Morgan fingerprint density at radius 2 is 1.68 bits per heavy atom. The van der Waals surface area contributed by atoms with Crippen LogP contribution in [-0.4, -0.2) is 21.5 Å². The Hall–Kier alpha value is -2.17. The molecule has 1 aliphatic carbocycles. The maximum absolute atomic E-state index is 13.0. The molecule has 28 heavy (non-hydrogen) atoms. The van der Waals surface area contributed by atoms with Crippen LogP contribution in [0.4, 0.5) is 0 Å². The van der Waals surface area contributed by atoms with Crippen LogP contribution in [0.2, 0.25) is 0 Å². The van der Waals surface area contributed by atoms with Crippen molar-refractivity contribution in [1.29, 1.82) is 0 Å². The Morgan fingerprint density at radius 1 is 1.07 bits per heavy atom. The van der Waals surface area contributed by atoms with Crippen molar-refractivity contribution < 1.29 is 4.79 Å². The number of hydrogen-bond donors (Lipinski definition) is 1. The smallest absolute Gasteiger partial charge is 0.265 e. The van der Waals surface area contributed by atoms with Crippen LogP contribution < -0.4 is 10.9 Å². The molecule has 0 unspecified atom stereocenters. The lowest BCUT2D eigenvalue weighted by atomic mass is 9.97. The van der Waals surface area contributed by atoms with E-state index in [0.717, 1.165) is 31.1 Å². The van der Waals surface area contributed by atoms with Gasteiger partial charge in [-0.05, 0) is 38.0 Å². The van der Waals surface area contributed by atoms with Gasteiger partial charge in [0.05, 0.1) is 0 Å². The highest BCUT2D eigenvalue weighted by Crippen LogP contribution is 2.18. The van der Waals surface area contributed by atoms with Crippen molar-refractivity contribution in [2.24, 2.45) is 0 Å². The molecule has 2 aromatic heterocycles. The van der Waals surface area contributed by atoms with Crippen molar-refractivity contribution in [2.75, 3.05) is 0 Å². The van der Waals surface area contributed by atoms with E-state index in [1.54, 1.807) is 16.8 Å². The van der Waals surface area contributed by atoms with Gasteiger partial charge >= 0.3 is 0 Å². The highest BCUT2D eigenvalue weighted by atomic mass is 16.2. The average molecular weight is 384 g/mol. The van der Waals surface area contributed by atoms with Crippen molar-refractivity contribution in [3.63, 3.8) is 0 Å². The molecule has 5 nitrogen and oxygen atoms in total. The number of fused-ring (bicyclic) bond motifs is 1. The molecule has 0 bridgehead atoms. The van der Waals surface area contributed by atoms with E-state index >= 15 is 0 Å². The van der Waals surface area contributed by atoms with Gasteiger partial charge in [-0.2, -0.15) is 0 Å². The first kappa shape index (κ1) is 20.6. The third-order valence-electron chi connectivity index (χ3n) is 5.85. The number of carbonyl (C=O) groups is 1. The third kappa shape index (κ3) is 5.21. The largest absolute Gasteiger partial charge is 0.349 e. The number of amides is 1. The molecule has 0 saturated heterocycles. The van der Waals surface area contributed by atoms with E-state index in [1.807, 2.05) is 19.1 Å². The molecule has 152 valence electrons. The second-order valence-corrected chi connectivity index (χ2v) is 7.95. The maximum atomic E-state index is 13.0. The Labute approximate surface area is 167 Å². The summed E-state index contributed by atoms with van der Waals surface area (Å²) in [6.07, 6.45) is 15.0. The lowest BCUT2D eigenvalue weighted by Crippen LogP contribution is -2.39. The average Bonchev–Trinajstić information content (AvgIpc) is 2.69. The van der Waals surface area contributed by atoms with Crippen LogP contribution in [0.1, 0.15) is 87.9 Å². The normalized spacial score (nSPS) is 17.6. The summed E-state index contributed by atoms with van der Waals surface area (Å²) in [5.41, 5.74) is 0.616. The van der Waals surface area contributed by atoms with Crippen LogP contribution in [0.15, 0.2) is 29.2 Å². The summed E-state index contributed by atoms with van der Waals surface area (Å²) in [6.45, 7) is 2.40. The van der Waals surface area contributed by atoms with Gasteiger partial charge in [0.25, 0.3) is 11.5 Å². The molecule has 0 aromatic carbocycles. The molecule has 0 atom stereocenters. The van der Waals surface area contributed by atoms with Crippen LogP contribution in [0.25, 0.3) is 11.0 Å². The van der Waals surface area contributed by atoms with Crippen LogP contribution in [-0.2, 0) is 6.54 Å². The molecule has 1 fully saturated rings. The van der Waals surface area contributed by atoms with Crippen molar-refractivity contribution in [1.82, 2.24) is 14.9 Å². The van der Waals surface area contributed by atoms with E-state index in [4.69, 9.17) is 0 Å². The monoisotopic (exact) mass is 383 g/mol. The van der Waals surface area contributed by atoms with E-state index in [2.05, 4.69) is 10.3 Å². The zero-order valence-corrected chi connectivity index (χ0v) is 17.1. The number of aryl methyl sites for hydroxylation is 1. The second-order valence-electron chi connectivity index (χ2n) is 7.95. The standard InChI is InChI=1S/C23H33N3O2/c1-2-26-21-18(13-12-16-24-21)17-20(23(26)28)22(27)25-19-14-10-8-6-4-3-5-7-9-11-15-19/h12-13,16-17,19H,2-11,14-15H2,1H3,(H,25,27). The van der Waals surface area contributed by atoms with E-state index in [9.17, 15) is 9.59 Å². The summed E-state index contributed by atoms with van der Waals surface area (Å²) < 4.78 is 1.59. The first-order valence-corrected chi connectivity index (χ1v) is 11.0. The van der Waals surface area contributed by atoms with Gasteiger partial charge in [-0.1, -0.05) is 57.8 Å². The zero-order valence-electron chi connectivity index (χ0n) is 17.1. The summed E-state index contributed by atoms with van der Waals surface area (Å²) in [5, 5.41) is 4.00. The molecule has 1 N–H and O–H groups in total. The van der Waals surface area contributed by atoms with Crippen molar-refractivity contribution in [2.45, 2.75) is 90.1 Å². The van der Waals surface area contributed by atoms with Crippen LogP contribution >= 0.6 is 0 Å². The number of rotatable bonds is 3. The van der Waals surface area contributed by atoms with Crippen molar-refractivity contribution >= 4 is 16.9 Å². The molecular formula is C23H33N3O2. The first-order chi connectivity index (χ1) is 13.7. The zero-order chi connectivity index (χ0) is 19.8. The van der Waals surface area contributed by atoms with Gasteiger partial charge in [0.1, 0.15) is 11.2 Å². The third-order valence-corrected chi connectivity index (χ3v) is 5.85. The van der Waals surface area contributed by atoms with Crippen LogP contribution in [0.5, 0.6) is 0 Å². The molecule has 3 rings (SSSR count). The van der Waals surface area contributed by atoms with E-state index in [1.165, 1.54) is 44.9 Å². The molecule has 0 aliphatic heterocycles. The minimum absolute atomic E-state index is 0.158. The molecular weight excluding hydrogens is 350 g/mol. The molecule has 0 spiro atoms. The maximum Gasteiger partial charge on any atom is 0.265 e. The van der Waals surface area contributed by atoms with Crippen molar-refractivity contribution in [3.8, 4) is 0 Å². The fourth-order valence-electron chi connectivity index (χ4n) is 4.23. The minimum atomic E-state index is -0.251. The summed E-state index contributed by atoms with van der Waals surface area (Å²) in [5.74, 6) is -0.241. The summed E-state index contributed by atoms with van der Waals surface area (Å²) in [7, 11) is 0. The van der Waals surface area contributed by atoms with Crippen molar-refractivity contribution in [3.05, 3.63) is 40.3 Å². The Morgan fingerprint density at radius 3 is 2.29 bits per heavy atom. The summed E-state index contributed by atoms with van der Waals surface area (Å²) >= 11 is 0. The molecule has 0 radical (unpaired) electrons. The van der Waals surface area contributed by atoms with E-state index in [-0.39, 0.29) is 23.1 Å². The fourth-order valence-corrected chi connectivity index (χ4v) is 4.23. The van der Waals surface area contributed by atoms with Gasteiger partial charge in [-0.25, -0.2) is 4.98 Å². The molecule has 5 heteroatoms. The summed E-state index contributed by atoms with van der Waals surface area (Å²) in [4.78, 5) is 30.2. The van der Waals surface area contributed by atoms with E-state index in [0.29, 0.717) is 12.2 Å². The SMILES string of the molecule is CCn1c(=O)c(C(=O)NC2CCCCCCCCCCC2)cc2cccnc21. The van der Waals surface area contributed by atoms with Gasteiger partial charge in [0.15, 0.2) is 0 Å². The highest BCUT2D eigenvalue weighted by Gasteiger charge is 2.19. The second kappa shape index (κ2) is 10.4. The van der Waals surface area contributed by atoms with Gasteiger partial charge < -0.3 is 5.32 Å². The predicted octanol–water partition coefficient (Wildman–Crippen LogP) is 4.82. The Balaban J connectivity index is 1.76. The highest BCUT2D eigenvalue weighted by molar-refractivity contribution is 5.97. The fraction of sp³-hybridized carbons (Fsp3) is 0.609. The molecule has 1 aliphatic rings. The molecule has 2 aromatic rings. The Kier molecular flexibility index (Phi) is 7.63. The lowest BCUT2D eigenvalue weighted by Gasteiger charge is -2.20. The first-order valence-electron chi connectivity index (χ1n) is 11.0. The molecule has 1 saturated carbocycles. The molecule has 2 heterocycles. The topological polar surface area (TPSA) is 64.0 Å². The minimum Gasteiger partial charge on any atom is -0.349 e. The number of nitrogens with one attached hydrogen (secondary N) is 1. The molecule has 1 amide bonds. The quantitative estimate of drug-likeness (QED) is 0.826. The van der Waals surface area contributed by atoms with Gasteiger partial charge in [0.2, 0.25) is 0 Å². The van der Waals surface area contributed by atoms with Gasteiger partial charge in [0, 0.05) is 24.2 Å². The van der Waals surface area contributed by atoms with Gasteiger partial charge in [-0.3, -0.25) is 14.2 Å². The van der Waals surface area contributed by atoms with Crippen LogP contribution in [0, 0.1) is 0 Å². The van der Waals surface area contributed by atoms with Crippen LogP contribution in [0.3, 0.4) is 0 Å². The summed E-state index contributed by atoms with van der Waals surface area (Å²) in [6, 6.07) is 5.59. The number of nitrogens with zero attached hydrogens (tertiary/aromatic N) is 2. The predicted molar refractivity (Wildman–Crippen MR) is 114 cm³/mol. The number of carbonyl (C=O) groups excluding carboxylic acids is 1.